The van der Waals surface area contributed by atoms with Gasteiger partial charge in [0.2, 0.25) is 0 Å². The highest BCUT2D eigenvalue weighted by molar-refractivity contribution is 6.88. The average molecular weight is 358 g/mol. The zero-order valence-electron chi connectivity index (χ0n) is 14.2. The predicted molar refractivity (Wildman–Crippen MR) is 101 cm³/mol. The molecule has 0 bridgehead atoms. The first-order valence-corrected chi connectivity index (χ1v) is 11.6. The topological polar surface area (TPSA) is 39.9 Å². The highest BCUT2D eigenvalue weighted by Gasteiger charge is 2.21. The van der Waals surface area contributed by atoms with Gasteiger partial charge in [-0.15, -0.1) is 5.10 Å². The molecule has 0 aliphatic rings. The van der Waals surface area contributed by atoms with Crippen molar-refractivity contribution in [3.8, 4) is 22.6 Å². The Balaban J connectivity index is 2.10. The Morgan fingerprint density at radius 3 is 2.33 bits per heavy atom. The van der Waals surface area contributed by atoms with Gasteiger partial charge in [0.1, 0.15) is 13.8 Å². The molecule has 0 spiro atoms. The van der Waals surface area contributed by atoms with E-state index in [2.05, 4.69) is 30.0 Å². The molecule has 24 heavy (non-hydrogen) atoms. The van der Waals surface area contributed by atoms with E-state index in [1.54, 1.807) is 7.11 Å². The lowest BCUT2D eigenvalue weighted by molar-refractivity contribution is 0.415. The first-order chi connectivity index (χ1) is 11.4. The molecule has 0 unspecified atom stereocenters. The van der Waals surface area contributed by atoms with Crippen molar-refractivity contribution in [2.45, 2.75) is 19.6 Å². The molecule has 0 saturated heterocycles. The van der Waals surface area contributed by atoms with Gasteiger partial charge in [0.05, 0.1) is 18.1 Å². The molecule has 0 N–H and O–H groups in total. The van der Waals surface area contributed by atoms with E-state index in [0.717, 1.165) is 27.9 Å². The van der Waals surface area contributed by atoms with Gasteiger partial charge in [-0.3, -0.25) is 0 Å². The van der Waals surface area contributed by atoms with Crippen molar-refractivity contribution in [2.75, 3.05) is 7.11 Å². The molecule has 3 rings (SSSR count). The summed E-state index contributed by atoms with van der Waals surface area (Å²) in [5, 5.41) is 10.5. The molecule has 0 aliphatic carbocycles. The Bertz CT molecular complexity index is 853. The second kappa shape index (κ2) is 6.41. The normalized spacial score (nSPS) is 11.5. The summed E-state index contributed by atoms with van der Waals surface area (Å²) in [6.07, 6.45) is 2.03. The fraction of sp³-hybridized carbons (Fsp3) is 0.222. The van der Waals surface area contributed by atoms with E-state index >= 15 is 0 Å². The van der Waals surface area contributed by atoms with E-state index in [0.29, 0.717) is 5.02 Å². The molecule has 1 aromatic heterocycles. The van der Waals surface area contributed by atoms with Gasteiger partial charge in [-0.05, 0) is 35.9 Å². The third-order valence-corrected chi connectivity index (χ3v) is 5.87. The Morgan fingerprint density at radius 2 is 1.75 bits per heavy atom. The van der Waals surface area contributed by atoms with Crippen LogP contribution < -0.4 is 10.1 Å². The molecule has 0 radical (unpaired) electrons. The van der Waals surface area contributed by atoms with Crippen molar-refractivity contribution >= 4 is 25.0 Å². The largest absolute Gasteiger partial charge is 0.497 e. The monoisotopic (exact) mass is 357 g/mol. The Hall–Kier alpha value is -2.11. The standard InChI is InChI=1S/C18H20ClN3OSi/c1-23-15-8-5-13(6-9-15)16-11-14(19)7-10-17(16)22-12-18(20-21-22)24(2,3)4/h5-12H,1-4H3. The van der Waals surface area contributed by atoms with Crippen LogP contribution in [-0.2, 0) is 0 Å². The molecule has 0 atom stereocenters. The molecule has 0 fully saturated rings. The number of benzene rings is 2. The predicted octanol–water partition coefficient (Wildman–Crippen LogP) is 4.14. The van der Waals surface area contributed by atoms with Crippen LogP contribution in [0.4, 0.5) is 0 Å². The van der Waals surface area contributed by atoms with Gasteiger partial charge >= 0.3 is 0 Å². The fourth-order valence-corrected chi connectivity index (χ4v) is 3.46. The summed E-state index contributed by atoms with van der Waals surface area (Å²) in [6, 6.07) is 13.7. The molecular weight excluding hydrogens is 338 g/mol. The van der Waals surface area contributed by atoms with Crippen molar-refractivity contribution in [2.24, 2.45) is 0 Å². The Kier molecular flexibility index (Phi) is 4.47. The molecule has 0 saturated carbocycles. The van der Waals surface area contributed by atoms with Crippen LogP contribution in [0.15, 0.2) is 48.7 Å². The lowest BCUT2D eigenvalue weighted by Gasteiger charge is -2.12. The van der Waals surface area contributed by atoms with Crippen LogP contribution in [0, 0.1) is 0 Å². The smallest absolute Gasteiger partial charge is 0.118 e. The molecule has 0 amide bonds. The maximum absolute atomic E-state index is 6.23. The van der Waals surface area contributed by atoms with E-state index in [4.69, 9.17) is 16.3 Å². The number of nitrogens with zero attached hydrogens (tertiary/aromatic N) is 3. The van der Waals surface area contributed by atoms with Gasteiger partial charge in [-0.1, -0.05) is 48.6 Å². The fourth-order valence-electron chi connectivity index (χ4n) is 2.44. The average Bonchev–Trinajstić information content (AvgIpc) is 3.05. The zero-order chi connectivity index (χ0) is 17.3. The van der Waals surface area contributed by atoms with Gasteiger partial charge < -0.3 is 4.74 Å². The molecular formula is C18H20ClN3OSi. The Labute approximate surface area is 148 Å². The van der Waals surface area contributed by atoms with Crippen LogP contribution in [0.3, 0.4) is 0 Å². The summed E-state index contributed by atoms with van der Waals surface area (Å²) < 4.78 is 7.07. The van der Waals surface area contributed by atoms with Gasteiger partial charge in [0, 0.05) is 16.8 Å². The Morgan fingerprint density at radius 1 is 1.04 bits per heavy atom. The lowest BCUT2D eigenvalue weighted by Crippen LogP contribution is -2.38. The van der Waals surface area contributed by atoms with Crippen molar-refractivity contribution in [3.05, 3.63) is 53.7 Å². The van der Waals surface area contributed by atoms with Crippen LogP contribution >= 0.6 is 11.6 Å². The van der Waals surface area contributed by atoms with Crippen LogP contribution in [0.25, 0.3) is 16.8 Å². The number of methoxy groups -OCH3 is 1. The van der Waals surface area contributed by atoms with Gasteiger partial charge in [-0.25, -0.2) is 4.68 Å². The van der Waals surface area contributed by atoms with Crippen molar-refractivity contribution in [3.63, 3.8) is 0 Å². The minimum absolute atomic E-state index is 0.690. The number of aromatic nitrogens is 3. The minimum Gasteiger partial charge on any atom is -0.497 e. The van der Waals surface area contributed by atoms with Crippen LogP contribution in [0.5, 0.6) is 5.75 Å². The van der Waals surface area contributed by atoms with E-state index in [-0.39, 0.29) is 0 Å². The quantitative estimate of drug-likeness (QED) is 0.659. The van der Waals surface area contributed by atoms with Crippen LogP contribution in [0.2, 0.25) is 24.7 Å². The highest BCUT2D eigenvalue weighted by atomic mass is 35.5. The van der Waals surface area contributed by atoms with E-state index in [1.807, 2.05) is 53.3 Å². The highest BCUT2D eigenvalue weighted by Crippen LogP contribution is 2.30. The zero-order valence-corrected chi connectivity index (χ0v) is 16.0. The lowest BCUT2D eigenvalue weighted by atomic mass is 10.0. The maximum atomic E-state index is 6.23. The third kappa shape index (κ3) is 3.37. The summed E-state index contributed by atoms with van der Waals surface area (Å²) >= 11 is 6.23. The summed E-state index contributed by atoms with van der Waals surface area (Å²) in [5.41, 5.74) is 3.03. The minimum atomic E-state index is -1.50. The van der Waals surface area contributed by atoms with E-state index < -0.39 is 8.07 Å². The number of halogens is 1. The van der Waals surface area contributed by atoms with E-state index in [1.165, 1.54) is 0 Å². The summed E-state index contributed by atoms with van der Waals surface area (Å²) in [5.74, 6) is 0.823. The van der Waals surface area contributed by atoms with Crippen LogP contribution in [-0.4, -0.2) is 30.2 Å². The van der Waals surface area contributed by atoms with E-state index in [9.17, 15) is 0 Å². The first kappa shape index (κ1) is 16.7. The molecule has 0 aliphatic heterocycles. The van der Waals surface area contributed by atoms with Crippen molar-refractivity contribution in [1.82, 2.24) is 15.0 Å². The molecule has 4 nitrogen and oxygen atoms in total. The van der Waals surface area contributed by atoms with Gasteiger partial charge in [0.15, 0.2) is 0 Å². The van der Waals surface area contributed by atoms with Crippen molar-refractivity contribution < 1.29 is 4.74 Å². The van der Waals surface area contributed by atoms with Gasteiger partial charge in [-0.2, -0.15) is 0 Å². The van der Waals surface area contributed by atoms with Crippen molar-refractivity contribution in [1.29, 1.82) is 0 Å². The molecule has 1 heterocycles. The second-order valence-corrected chi connectivity index (χ2v) is 12.1. The first-order valence-electron chi connectivity index (χ1n) is 7.75. The van der Waals surface area contributed by atoms with Crippen LogP contribution in [0.1, 0.15) is 0 Å². The maximum Gasteiger partial charge on any atom is 0.118 e. The van der Waals surface area contributed by atoms with Gasteiger partial charge in [0.25, 0.3) is 0 Å². The second-order valence-electron chi connectivity index (χ2n) is 6.69. The summed E-state index contributed by atoms with van der Waals surface area (Å²) in [4.78, 5) is 0. The summed E-state index contributed by atoms with van der Waals surface area (Å²) in [6.45, 7) is 6.77. The molecule has 124 valence electrons. The number of hydrogen-bond donors (Lipinski definition) is 0. The molecule has 3 aromatic rings. The number of ether oxygens (including phenoxy) is 1. The molecule has 2 aromatic carbocycles. The summed E-state index contributed by atoms with van der Waals surface area (Å²) in [7, 11) is 0.157. The number of rotatable bonds is 4. The number of hydrogen-bond acceptors (Lipinski definition) is 3. The molecule has 6 heteroatoms. The third-order valence-electron chi connectivity index (χ3n) is 3.87. The SMILES string of the molecule is COc1ccc(-c2cc(Cl)ccc2-n2cc([Si](C)(C)C)nn2)cc1.